The summed E-state index contributed by atoms with van der Waals surface area (Å²) in [4.78, 5) is 22.9. The largest absolute Gasteiger partial charge is 0.459 e. The molecule has 2 rings (SSSR count). The Kier molecular flexibility index (Phi) is 4.95. The van der Waals surface area contributed by atoms with Crippen molar-refractivity contribution in [2.24, 2.45) is 0 Å². The lowest BCUT2D eigenvalue weighted by molar-refractivity contribution is -0.384. The molecule has 1 aliphatic heterocycles. The fraction of sp³-hybridized carbons (Fsp3) is 0.333. The van der Waals surface area contributed by atoms with Gasteiger partial charge in [-0.3, -0.25) is 10.1 Å². The highest BCUT2D eigenvalue weighted by molar-refractivity contribution is 7.80. The summed E-state index contributed by atoms with van der Waals surface area (Å²) in [6, 6.07) is 5.48. The molecule has 0 amide bonds. The molecule has 122 valence electrons. The van der Waals surface area contributed by atoms with Gasteiger partial charge in [0.2, 0.25) is 0 Å². The van der Waals surface area contributed by atoms with Gasteiger partial charge in [0.1, 0.15) is 0 Å². The van der Waals surface area contributed by atoms with Crippen molar-refractivity contribution in [2.45, 2.75) is 32.9 Å². The molecule has 0 saturated carbocycles. The predicted molar refractivity (Wildman–Crippen MR) is 88.6 cm³/mol. The average Bonchev–Trinajstić information content (AvgIpc) is 2.45. The lowest BCUT2D eigenvalue weighted by atomic mass is 9.95. The molecule has 1 heterocycles. The van der Waals surface area contributed by atoms with Gasteiger partial charge in [0.05, 0.1) is 22.6 Å². The van der Waals surface area contributed by atoms with Gasteiger partial charge in [0.25, 0.3) is 5.69 Å². The summed E-state index contributed by atoms with van der Waals surface area (Å²) in [6.07, 6.45) is -0.276. The first-order valence-corrected chi connectivity index (χ1v) is 7.44. The predicted octanol–water partition coefficient (Wildman–Crippen LogP) is 2.34. The third-order valence-electron chi connectivity index (χ3n) is 3.25. The monoisotopic (exact) mass is 335 g/mol. The van der Waals surface area contributed by atoms with Gasteiger partial charge < -0.3 is 15.4 Å². The van der Waals surface area contributed by atoms with E-state index in [2.05, 4.69) is 10.6 Å². The van der Waals surface area contributed by atoms with Crippen LogP contribution in [0, 0.1) is 10.1 Å². The Hall–Kier alpha value is -2.48. The van der Waals surface area contributed by atoms with Gasteiger partial charge in [-0.25, -0.2) is 4.79 Å². The van der Waals surface area contributed by atoms with E-state index in [0.29, 0.717) is 21.9 Å². The zero-order valence-electron chi connectivity index (χ0n) is 13.0. The average molecular weight is 335 g/mol. The van der Waals surface area contributed by atoms with Crippen LogP contribution in [-0.4, -0.2) is 22.1 Å². The Morgan fingerprint density at radius 1 is 1.43 bits per heavy atom. The Balaban J connectivity index is 2.46. The van der Waals surface area contributed by atoms with Crippen LogP contribution in [0.4, 0.5) is 5.69 Å². The van der Waals surface area contributed by atoms with E-state index in [0.717, 1.165) is 0 Å². The zero-order chi connectivity index (χ0) is 17.1. The molecule has 2 N–H and O–H groups in total. The number of rotatable bonds is 4. The minimum Gasteiger partial charge on any atom is -0.459 e. The fourth-order valence-corrected chi connectivity index (χ4v) is 2.58. The van der Waals surface area contributed by atoms with Crippen LogP contribution in [0.1, 0.15) is 32.4 Å². The minimum atomic E-state index is -0.602. The Morgan fingerprint density at radius 3 is 2.74 bits per heavy atom. The van der Waals surface area contributed by atoms with Crippen LogP contribution in [0.25, 0.3) is 0 Å². The van der Waals surface area contributed by atoms with E-state index >= 15 is 0 Å². The number of ether oxygens (including phenoxy) is 1. The van der Waals surface area contributed by atoms with E-state index in [-0.39, 0.29) is 11.8 Å². The van der Waals surface area contributed by atoms with Crippen LogP contribution in [0.3, 0.4) is 0 Å². The van der Waals surface area contributed by atoms with Crippen molar-refractivity contribution in [3.05, 3.63) is 51.2 Å². The van der Waals surface area contributed by atoms with Crippen molar-refractivity contribution in [3.8, 4) is 0 Å². The topological polar surface area (TPSA) is 93.5 Å². The van der Waals surface area contributed by atoms with Crippen LogP contribution >= 0.6 is 12.2 Å². The van der Waals surface area contributed by atoms with E-state index in [9.17, 15) is 14.9 Å². The van der Waals surface area contributed by atoms with Crippen LogP contribution in [0.5, 0.6) is 0 Å². The number of hydrogen-bond donors (Lipinski definition) is 2. The molecular weight excluding hydrogens is 318 g/mol. The molecule has 1 aromatic carbocycles. The van der Waals surface area contributed by atoms with Gasteiger partial charge in [0, 0.05) is 17.8 Å². The number of allylic oxidation sites excluding steroid dienone is 1. The number of non-ortho nitro benzene ring substituents is 1. The van der Waals surface area contributed by atoms with E-state index < -0.39 is 16.9 Å². The van der Waals surface area contributed by atoms with Gasteiger partial charge >= 0.3 is 5.97 Å². The number of nitro benzene ring substituents is 1. The van der Waals surface area contributed by atoms with Gasteiger partial charge in [-0.05, 0) is 38.6 Å². The molecule has 0 aliphatic carbocycles. The number of hydrogen-bond acceptors (Lipinski definition) is 5. The smallest absolute Gasteiger partial charge is 0.338 e. The zero-order valence-corrected chi connectivity index (χ0v) is 13.8. The number of nitrogens with one attached hydrogen (secondary N) is 2. The molecule has 0 aromatic heterocycles. The second kappa shape index (κ2) is 6.74. The number of carbonyl (C=O) groups excluding carboxylic acids is 1. The summed E-state index contributed by atoms with van der Waals surface area (Å²) in [6.45, 7) is 5.23. The van der Waals surface area contributed by atoms with Crippen LogP contribution in [0.2, 0.25) is 0 Å². The first kappa shape index (κ1) is 16.9. The summed E-state index contributed by atoms with van der Waals surface area (Å²) >= 11 is 5.13. The number of esters is 1. The Bertz CT molecular complexity index is 700. The van der Waals surface area contributed by atoms with Gasteiger partial charge in [-0.2, -0.15) is 0 Å². The summed E-state index contributed by atoms with van der Waals surface area (Å²) in [5.41, 5.74) is 1.43. The maximum absolute atomic E-state index is 12.4. The quantitative estimate of drug-likeness (QED) is 0.377. The van der Waals surface area contributed by atoms with Gasteiger partial charge in [-0.15, -0.1) is 0 Å². The maximum atomic E-state index is 12.4. The number of nitro groups is 1. The van der Waals surface area contributed by atoms with Crippen LogP contribution in [0.15, 0.2) is 35.5 Å². The molecule has 1 atom stereocenters. The molecule has 0 radical (unpaired) electrons. The normalized spacial score (nSPS) is 17.6. The fourth-order valence-electron chi connectivity index (χ4n) is 2.31. The SMILES string of the molecule is CC1=C(C(=O)OC(C)C)[C@H](c2cccc([N+](=O)[O-])c2)NC(=S)N1. The third kappa shape index (κ3) is 3.84. The number of nitrogens with zero attached hydrogens (tertiary/aromatic N) is 1. The molecule has 23 heavy (non-hydrogen) atoms. The van der Waals surface area contributed by atoms with Crippen molar-refractivity contribution in [3.63, 3.8) is 0 Å². The van der Waals surface area contributed by atoms with E-state index in [4.69, 9.17) is 17.0 Å². The van der Waals surface area contributed by atoms with Crippen molar-refractivity contribution >= 4 is 29.0 Å². The van der Waals surface area contributed by atoms with Crippen LogP contribution < -0.4 is 10.6 Å². The Morgan fingerprint density at radius 2 is 2.13 bits per heavy atom. The van der Waals surface area contributed by atoms with Crippen LogP contribution in [-0.2, 0) is 9.53 Å². The van der Waals surface area contributed by atoms with Crippen molar-refractivity contribution in [2.75, 3.05) is 0 Å². The van der Waals surface area contributed by atoms with Gasteiger partial charge in [0.15, 0.2) is 5.11 Å². The van der Waals surface area contributed by atoms with E-state index in [1.165, 1.54) is 12.1 Å². The standard InChI is InChI=1S/C15H17N3O4S/c1-8(2)22-14(19)12-9(3)16-15(23)17-13(12)10-5-4-6-11(7-10)18(20)21/h4-8,13H,1-3H3,(H2,16,17,23)/t13-/m0/s1. The summed E-state index contributed by atoms with van der Waals surface area (Å²) < 4.78 is 5.27. The highest BCUT2D eigenvalue weighted by atomic mass is 32.1. The molecule has 8 heteroatoms. The molecule has 0 spiro atoms. The molecular formula is C15H17N3O4S. The molecule has 0 saturated heterocycles. The summed E-state index contributed by atoms with van der Waals surface area (Å²) in [7, 11) is 0. The molecule has 1 aromatic rings. The summed E-state index contributed by atoms with van der Waals surface area (Å²) in [5.74, 6) is -0.489. The molecule has 0 bridgehead atoms. The highest BCUT2D eigenvalue weighted by Crippen LogP contribution is 2.29. The maximum Gasteiger partial charge on any atom is 0.338 e. The third-order valence-corrected chi connectivity index (χ3v) is 3.47. The summed E-state index contributed by atoms with van der Waals surface area (Å²) in [5, 5.41) is 17.2. The first-order valence-electron chi connectivity index (χ1n) is 7.03. The molecule has 7 nitrogen and oxygen atoms in total. The second-order valence-electron chi connectivity index (χ2n) is 5.38. The molecule has 0 unspecified atom stereocenters. The second-order valence-corrected chi connectivity index (χ2v) is 5.78. The highest BCUT2D eigenvalue weighted by Gasteiger charge is 2.32. The van der Waals surface area contributed by atoms with Gasteiger partial charge in [-0.1, -0.05) is 12.1 Å². The van der Waals surface area contributed by atoms with Crippen molar-refractivity contribution < 1.29 is 14.5 Å². The molecule has 1 aliphatic rings. The Labute approximate surface area is 138 Å². The van der Waals surface area contributed by atoms with Crippen molar-refractivity contribution in [1.29, 1.82) is 0 Å². The number of benzene rings is 1. The van der Waals surface area contributed by atoms with Crippen molar-refractivity contribution in [1.82, 2.24) is 10.6 Å². The first-order chi connectivity index (χ1) is 10.8. The lowest BCUT2D eigenvalue weighted by Gasteiger charge is -2.30. The molecule has 0 fully saturated rings. The minimum absolute atomic E-state index is 0.0528. The van der Waals surface area contributed by atoms with E-state index in [1.54, 1.807) is 32.9 Å². The van der Waals surface area contributed by atoms with E-state index in [1.807, 2.05) is 0 Å². The number of carbonyl (C=O) groups is 1. The number of thiocarbonyl (C=S) groups is 1. The lowest BCUT2D eigenvalue weighted by Crippen LogP contribution is -2.45.